The van der Waals surface area contributed by atoms with E-state index in [-0.39, 0.29) is 24.5 Å². The molecule has 3 N–H and O–H groups in total. The van der Waals surface area contributed by atoms with Gasteiger partial charge in [0, 0.05) is 18.4 Å². The number of carbonyl (C=O) groups excluding carboxylic acids is 1. The minimum atomic E-state index is -0.807. The first kappa shape index (κ1) is 23.1. The minimum absolute atomic E-state index is 0.0496. The van der Waals surface area contributed by atoms with Crippen molar-refractivity contribution in [3.8, 4) is 5.75 Å². The van der Waals surface area contributed by atoms with E-state index in [4.69, 9.17) is 0 Å². The zero-order chi connectivity index (χ0) is 24.2. The van der Waals surface area contributed by atoms with E-state index in [1.54, 1.807) is 55.7 Å². The fourth-order valence-electron chi connectivity index (χ4n) is 3.64. The van der Waals surface area contributed by atoms with Crippen LogP contribution in [0.1, 0.15) is 34.1 Å². The Labute approximate surface area is 194 Å². The number of hydrogen-bond acceptors (Lipinski definition) is 6. The van der Waals surface area contributed by atoms with Crippen molar-refractivity contribution in [1.82, 2.24) is 19.9 Å². The Kier molecular flexibility index (Phi) is 6.65. The van der Waals surface area contributed by atoms with Gasteiger partial charge in [0.15, 0.2) is 5.75 Å². The Morgan fingerprint density at radius 2 is 1.91 bits per heavy atom. The second-order valence-electron chi connectivity index (χ2n) is 8.01. The Balaban J connectivity index is 1.86. The van der Waals surface area contributed by atoms with Gasteiger partial charge in [-0.05, 0) is 54.8 Å². The number of aromatic nitrogens is 3. The second kappa shape index (κ2) is 9.80. The summed E-state index contributed by atoms with van der Waals surface area (Å²) in [5.74, 6) is -1.68. The highest BCUT2D eigenvalue weighted by atomic mass is 19.1. The Morgan fingerprint density at radius 3 is 2.59 bits per heavy atom. The molecule has 4 aromatic rings. The van der Waals surface area contributed by atoms with Gasteiger partial charge in [0.25, 0.3) is 11.5 Å². The molecule has 0 bridgehead atoms. The zero-order valence-corrected chi connectivity index (χ0v) is 18.4. The Morgan fingerprint density at radius 1 is 1.15 bits per heavy atom. The van der Waals surface area contributed by atoms with Gasteiger partial charge in [-0.1, -0.05) is 18.2 Å². The fourth-order valence-corrected chi connectivity index (χ4v) is 3.64. The number of nitrogens with zero attached hydrogens (tertiary/aromatic N) is 3. The lowest BCUT2D eigenvalue weighted by Crippen LogP contribution is -2.39. The monoisotopic (exact) mass is 462 g/mol. The number of aromatic hydroxyl groups is 1. The molecule has 0 spiro atoms. The largest absolute Gasteiger partial charge is 0.505 e. The van der Waals surface area contributed by atoms with Crippen molar-refractivity contribution in [2.24, 2.45) is 0 Å². The lowest BCUT2D eigenvalue weighted by atomic mass is 10.0. The number of carbonyl (C=O) groups is 1. The van der Waals surface area contributed by atoms with Crippen molar-refractivity contribution < 1.29 is 19.4 Å². The van der Waals surface area contributed by atoms with Crippen molar-refractivity contribution >= 4 is 16.9 Å². The molecule has 34 heavy (non-hydrogen) atoms. The quantitative estimate of drug-likeness (QED) is 0.388. The molecule has 0 aliphatic carbocycles. The molecule has 174 valence electrons. The van der Waals surface area contributed by atoms with Crippen LogP contribution in [0.4, 0.5) is 4.39 Å². The maximum atomic E-state index is 13.4. The van der Waals surface area contributed by atoms with Gasteiger partial charge in [-0.15, -0.1) is 0 Å². The second-order valence-corrected chi connectivity index (χ2v) is 8.01. The SMILES string of the molecule is CC(CO)NC(=O)c1c(O)c2ncc(Cc3ccc(F)cc3)cc2n(Cc2ccccn2)c1=O. The number of halogens is 1. The van der Waals surface area contributed by atoms with Gasteiger partial charge in [-0.25, -0.2) is 4.39 Å². The summed E-state index contributed by atoms with van der Waals surface area (Å²) < 4.78 is 14.6. The number of hydrogen-bond donors (Lipinski definition) is 3. The molecule has 9 heteroatoms. The van der Waals surface area contributed by atoms with E-state index in [1.165, 1.54) is 16.7 Å². The molecule has 1 atom stereocenters. The molecule has 3 aromatic heterocycles. The van der Waals surface area contributed by atoms with E-state index in [2.05, 4.69) is 15.3 Å². The van der Waals surface area contributed by atoms with Crippen LogP contribution in [-0.4, -0.2) is 43.3 Å². The summed E-state index contributed by atoms with van der Waals surface area (Å²) in [6.07, 6.45) is 3.56. The lowest BCUT2D eigenvalue weighted by molar-refractivity contribution is 0.0917. The molecule has 1 amide bonds. The van der Waals surface area contributed by atoms with Crippen LogP contribution in [0.2, 0.25) is 0 Å². The molecule has 4 rings (SSSR count). The standard InChI is InChI=1S/C25H23FN4O4/c1-15(14-31)29-24(33)21-23(32)22-20(30(25(21)34)13-19-4-2-3-9-27-19)11-17(12-28-22)10-16-5-7-18(26)8-6-16/h2-9,11-12,15,31-32H,10,13-14H2,1H3,(H,29,33). The highest BCUT2D eigenvalue weighted by molar-refractivity contribution is 6.01. The predicted octanol–water partition coefficient (Wildman–Crippen LogP) is 2.39. The van der Waals surface area contributed by atoms with Crippen LogP contribution in [0, 0.1) is 5.82 Å². The van der Waals surface area contributed by atoms with Crippen LogP contribution in [0.3, 0.4) is 0 Å². The summed E-state index contributed by atoms with van der Waals surface area (Å²) in [4.78, 5) is 34.8. The predicted molar refractivity (Wildman–Crippen MR) is 124 cm³/mol. The fraction of sp³-hybridized carbons (Fsp3) is 0.200. The molecule has 0 aliphatic heterocycles. The number of pyridine rings is 3. The zero-order valence-electron chi connectivity index (χ0n) is 18.4. The van der Waals surface area contributed by atoms with Crippen LogP contribution >= 0.6 is 0 Å². The van der Waals surface area contributed by atoms with Crippen LogP contribution in [0.25, 0.3) is 11.0 Å². The maximum absolute atomic E-state index is 13.4. The first-order valence-corrected chi connectivity index (χ1v) is 10.7. The number of benzene rings is 1. The number of amides is 1. The van der Waals surface area contributed by atoms with Gasteiger partial charge < -0.3 is 15.5 Å². The summed E-state index contributed by atoms with van der Waals surface area (Å²) in [6.45, 7) is 1.30. The number of aliphatic hydroxyl groups is 1. The van der Waals surface area contributed by atoms with Crippen LogP contribution in [-0.2, 0) is 13.0 Å². The van der Waals surface area contributed by atoms with Crippen molar-refractivity contribution in [1.29, 1.82) is 0 Å². The van der Waals surface area contributed by atoms with E-state index in [0.29, 0.717) is 17.6 Å². The molecule has 8 nitrogen and oxygen atoms in total. The van der Waals surface area contributed by atoms with Crippen LogP contribution < -0.4 is 10.9 Å². The summed E-state index contributed by atoms with van der Waals surface area (Å²) in [5.41, 5.74) is 1.41. The van der Waals surface area contributed by atoms with Crippen molar-refractivity contribution in [2.75, 3.05) is 6.61 Å². The summed E-state index contributed by atoms with van der Waals surface area (Å²) >= 11 is 0. The number of rotatable bonds is 7. The van der Waals surface area contributed by atoms with Gasteiger partial charge in [-0.2, -0.15) is 0 Å². The summed E-state index contributed by atoms with van der Waals surface area (Å²) in [5, 5.41) is 22.6. The molecule has 1 aromatic carbocycles. The van der Waals surface area contributed by atoms with Crippen molar-refractivity contribution in [3.05, 3.63) is 99.5 Å². The van der Waals surface area contributed by atoms with E-state index in [1.807, 2.05) is 0 Å². The van der Waals surface area contributed by atoms with E-state index >= 15 is 0 Å². The van der Waals surface area contributed by atoms with E-state index in [0.717, 1.165) is 11.1 Å². The van der Waals surface area contributed by atoms with Gasteiger partial charge >= 0.3 is 0 Å². The molecule has 0 saturated heterocycles. The molecule has 0 radical (unpaired) electrons. The number of aliphatic hydroxyl groups excluding tert-OH is 1. The van der Waals surface area contributed by atoms with Gasteiger partial charge in [0.1, 0.15) is 16.9 Å². The van der Waals surface area contributed by atoms with E-state index in [9.17, 15) is 24.2 Å². The van der Waals surface area contributed by atoms with Gasteiger partial charge in [0.05, 0.1) is 24.4 Å². The van der Waals surface area contributed by atoms with Crippen LogP contribution in [0.5, 0.6) is 5.75 Å². The third kappa shape index (κ3) is 4.79. The summed E-state index contributed by atoms with van der Waals surface area (Å²) in [6, 6.07) is 12.4. The van der Waals surface area contributed by atoms with E-state index < -0.39 is 28.8 Å². The van der Waals surface area contributed by atoms with Gasteiger partial charge in [-0.3, -0.25) is 24.1 Å². The third-order valence-corrected chi connectivity index (χ3v) is 5.38. The maximum Gasteiger partial charge on any atom is 0.268 e. The molecular weight excluding hydrogens is 439 g/mol. The Hall–Kier alpha value is -4.11. The molecule has 3 heterocycles. The van der Waals surface area contributed by atoms with Crippen LogP contribution in [0.15, 0.2) is 65.7 Å². The molecule has 0 saturated carbocycles. The third-order valence-electron chi connectivity index (χ3n) is 5.38. The van der Waals surface area contributed by atoms with Crippen molar-refractivity contribution in [3.63, 3.8) is 0 Å². The Bertz CT molecular complexity index is 1390. The molecular formula is C25H23FN4O4. The number of nitrogens with one attached hydrogen (secondary N) is 1. The lowest BCUT2D eigenvalue weighted by Gasteiger charge is -2.16. The number of fused-ring (bicyclic) bond motifs is 1. The first-order chi connectivity index (χ1) is 16.4. The minimum Gasteiger partial charge on any atom is -0.505 e. The summed E-state index contributed by atoms with van der Waals surface area (Å²) in [7, 11) is 0. The molecule has 0 aliphatic rings. The topological polar surface area (TPSA) is 117 Å². The highest BCUT2D eigenvalue weighted by Gasteiger charge is 2.24. The average Bonchev–Trinajstić information content (AvgIpc) is 2.83. The molecule has 1 unspecified atom stereocenters. The smallest absolute Gasteiger partial charge is 0.268 e. The highest BCUT2D eigenvalue weighted by Crippen LogP contribution is 2.26. The molecule has 0 fully saturated rings. The van der Waals surface area contributed by atoms with Crippen molar-refractivity contribution in [2.45, 2.75) is 25.9 Å². The first-order valence-electron chi connectivity index (χ1n) is 10.7. The normalized spacial score (nSPS) is 12.0. The average molecular weight is 462 g/mol. The van der Waals surface area contributed by atoms with Gasteiger partial charge in [0.2, 0.25) is 0 Å².